The highest BCUT2D eigenvalue weighted by Gasteiger charge is 2.40. The Hall–Kier alpha value is -3.36. The van der Waals surface area contributed by atoms with E-state index in [0.717, 1.165) is 19.1 Å². The Bertz CT molecular complexity index is 890. The molecule has 2 aromatic carbocycles. The summed E-state index contributed by atoms with van der Waals surface area (Å²) in [5.41, 5.74) is -0.942. The average molecular weight is 379 g/mol. The molecule has 3 rings (SSSR count). The van der Waals surface area contributed by atoms with Gasteiger partial charge in [0, 0.05) is 0 Å². The summed E-state index contributed by atoms with van der Waals surface area (Å²) in [5, 5.41) is 0.266. The molecular formula is C18H12F3NO5. The fraction of sp³-hybridized carbons (Fsp3) is 0.167. The van der Waals surface area contributed by atoms with Crippen molar-refractivity contribution in [2.45, 2.75) is 19.2 Å². The van der Waals surface area contributed by atoms with Crippen molar-refractivity contribution in [2.75, 3.05) is 0 Å². The predicted octanol–water partition coefficient (Wildman–Crippen LogP) is 3.23. The highest BCUT2D eigenvalue weighted by Crippen LogP contribution is 2.36. The number of halogens is 3. The summed E-state index contributed by atoms with van der Waals surface area (Å²) in [5.74, 6) is -3.45. The first-order valence-electron chi connectivity index (χ1n) is 7.72. The van der Waals surface area contributed by atoms with Gasteiger partial charge in [-0.1, -0.05) is 29.3 Å². The van der Waals surface area contributed by atoms with E-state index in [1.54, 1.807) is 0 Å². The maximum atomic E-state index is 13.0. The number of alkyl halides is 3. The topological polar surface area (TPSA) is 72.9 Å². The molecule has 0 spiro atoms. The number of hydroxylamine groups is 2. The first-order chi connectivity index (χ1) is 12.7. The molecule has 2 aromatic rings. The van der Waals surface area contributed by atoms with Crippen molar-refractivity contribution < 1.29 is 37.1 Å². The molecule has 6 nitrogen and oxygen atoms in total. The minimum absolute atomic E-state index is 0.0614. The largest absolute Gasteiger partial charge is 0.478 e. The summed E-state index contributed by atoms with van der Waals surface area (Å²) in [6.45, 7) is 1.15. The molecule has 140 valence electrons. The quantitative estimate of drug-likeness (QED) is 0.763. The van der Waals surface area contributed by atoms with Crippen LogP contribution < -0.4 is 4.74 Å². The molecular weight excluding hydrogens is 367 g/mol. The number of rotatable bonds is 4. The fourth-order valence-electron chi connectivity index (χ4n) is 2.46. The van der Waals surface area contributed by atoms with Gasteiger partial charge in [0.1, 0.15) is 5.75 Å². The monoisotopic (exact) mass is 379 g/mol. The number of hydrogen-bond acceptors (Lipinski definition) is 5. The minimum Gasteiger partial charge on any atom is -0.478 e. The van der Waals surface area contributed by atoms with Crippen LogP contribution in [0.25, 0.3) is 0 Å². The average Bonchev–Trinajstić information content (AvgIpc) is 2.86. The zero-order chi connectivity index (χ0) is 19.8. The van der Waals surface area contributed by atoms with Crippen molar-refractivity contribution in [1.29, 1.82) is 0 Å². The molecule has 1 aliphatic rings. The number of para-hydroxylation sites is 1. The van der Waals surface area contributed by atoms with Gasteiger partial charge in [0.05, 0.1) is 16.7 Å². The van der Waals surface area contributed by atoms with Gasteiger partial charge in [0.2, 0.25) is 0 Å². The van der Waals surface area contributed by atoms with Gasteiger partial charge in [0.25, 0.3) is 11.8 Å². The number of fused-ring (bicyclic) bond motifs is 1. The lowest BCUT2D eigenvalue weighted by molar-refractivity contribution is -0.176. The van der Waals surface area contributed by atoms with E-state index < -0.39 is 41.4 Å². The van der Waals surface area contributed by atoms with E-state index in [2.05, 4.69) is 0 Å². The second kappa shape index (κ2) is 6.75. The van der Waals surface area contributed by atoms with Gasteiger partial charge in [0.15, 0.2) is 6.10 Å². The van der Waals surface area contributed by atoms with Gasteiger partial charge in [-0.3, -0.25) is 9.59 Å². The molecule has 0 aliphatic carbocycles. The molecule has 1 unspecified atom stereocenters. The zero-order valence-corrected chi connectivity index (χ0v) is 13.8. The van der Waals surface area contributed by atoms with Gasteiger partial charge in [-0.05, 0) is 31.2 Å². The van der Waals surface area contributed by atoms with E-state index in [-0.39, 0.29) is 16.2 Å². The predicted molar refractivity (Wildman–Crippen MR) is 84.6 cm³/mol. The number of hydrogen-bond donors (Lipinski definition) is 0. The Morgan fingerprint density at radius 3 is 2.04 bits per heavy atom. The van der Waals surface area contributed by atoms with Gasteiger partial charge in [-0.15, -0.1) is 0 Å². The summed E-state index contributed by atoms with van der Waals surface area (Å²) in [6.07, 6.45) is -6.18. The molecule has 2 amide bonds. The highest BCUT2D eigenvalue weighted by molar-refractivity contribution is 6.20. The highest BCUT2D eigenvalue weighted by atomic mass is 19.4. The van der Waals surface area contributed by atoms with Crippen molar-refractivity contribution in [1.82, 2.24) is 5.06 Å². The summed E-state index contributed by atoms with van der Waals surface area (Å²) >= 11 is 0. The summed E-state index contributed by atoms with van der Waals surface area (Å²) in [4.78, 5) is 41.2. The first kappa shape index (κ1) is 18.4. The third-order valence-electron chi connectivity index (χ3n) is 3.77. The molecule has 0 saturated carbocycles. The normalized spacial score (nSPS) is 14.7. The molecule has 27 heavy (non-hydrogen) atoms. The van der Waals surface area contributed by atoms with Crippen LogP contribution in [0.5, 0.6) is 5.75 Å². The van der Waals surface area contributed by atoms with Crippen LogP contribution >= 0.6 is 0 Å². The minimum atomic E-state index is -4.68. The zero-order valence-electron chi connectivity index (χ0n) is 13.8. The van der Waals surface area contributed by atoms with Crippen LogP contribution in [0.3, 0.4) is 0 Å². The maximum Gasteiger partial charge on any atom is 0.419 e. The molecule has 9 heteroatoms. The maximum absolute atomic E-state index is 13.0. The number of carbonyl (C=O) groups is 3. The van der Waals surface area contributed by atoms with Crippen LogP contribution in [0.2, 0.25) is 0 Å². The van der Waals surface area contributed by atoms with Crippen LogP contribution in [0.1, 0.15) is 33.2 Å². The SMILES string of the molecule is CC(Oc1ccccc1C(F)(F)F)C(=O)ON1C(=O)c2ccccc2C1=O. The first-order valence-corrected chi connectivity index (χ1v) is 7.72. The van der Waals surface area contributed by atoms with E-state index in [1.807, 2.05) is 0 Å². The summed E-state index contributed by atoms with van der Waals surface area (Å²) in [7, 11) is 0. The number of amides is 2. The molecule has 0 N–H and O–H groups in total. The van der Waals surface area contributed by atoms with Crippen molar-refractivity contribution in [3.63, 3.8) is 0 Å². The van der Waals surface area contributed by atoms with E-state index in [9.17, 15) is 27.6 Å². The fourth-order valence-corrected chi connectivity index (χ4v) is 2.46. The third-order valence-corrected chi connectivity index (χ3v) is 3.77. The van der Waals surface area contributed by atoms with Crippen LogP contribution in [0, 0.1) is 0 Å². The number of ether oxygens (including phenoxy) is 1. The Morgan fingerprint density at radius 2 is 1.48 bits per heavy atom. The molecule has 0 fully saturated rings. The summed E-state index contributed by atoms with van der Waals surface area (Å²) < 4.78 is 44.0. The van der Waals surface area contributed by atoms with Gasteiger partial charge < -0.3 is 9.57 Å². The van der Waals surface area contributed by atoms with E-state index >= 15 is 0 Å². The Labute approximate surface area is 151 Å². The van der Waals surface area contributed by atoms with Crippen LogP contribution in [-0.2, 0) is 15.8 Å². The Balaban J connectivity index is 1.73. The lowest BCUT2D eigenvalue weighted by atomic mass is 10.1. The molecule has 1 atom stereocenters. The van der Waals surface area contributed by atoms with Crippen molar-refractivity contribution >= 4 is 17.8 Å². The number of carbonyl (C=O) groups excluding carboxylic acids is 3. The molecule has 1 heterocycles. The number of imide groups is 1. The Kier molecular flexibility index (Phi) is 4.61. The van der Waals surface area contributed by atoms with Crippen molar-refractivity contribution in [2.24, 2.45) is 0 Å². The molecule has 0 bridgehead atoms. The van der Waals surface area contributed by atoms with Gasteiger partial charge in [-0.2, -0.15) is 13.2 Å². The lowest BCUT2D eigenvalue weighted by Gasteiger charge is -2.19. The summed E-state index contributed by atoms with van der Waals surface area (Å²) in [6, 6.07) is 10.2. The van der Waals surface area contributed by atoms with Crippen LogP contribution in [-0.4, -0.2) is 29.0 Å². The Morgan fingerprint density at radius 1 is 0.963 bits per heavy atom. The standard InChI is InChI=1S/C18H12F3NO5/c1-10(26-14-9-5-4-8-13(14)18(19,20)21)17(25)27-22-15(23)11-6-2-3-7-12(11)16(22)24/h2-10H,1H3. The molecule has 0 saturated heterocycles. The number of nitrogens with zero attached hydrogens (tertiary/aromatic N) is 1. The van der Waals surface area contributed by atoms with Gasteiger partial charge >= 0.3 is 12.1 Å². The third kappa shape index (κ3) is 3.48. The van der Waals surface area contributed by atoms with Crippen molar-refractivity contribution in [3.8, 4) is 5.75 Å². The number of benzene rings is 2. The second-order valence-corrected chi connectivity index (χ2v) is 5.61. The van der Waals surface area contributed by atoms with Crippen LogP contribution in [0.4, 0.5) is 13.2 Å². The van der Waals surface area contributed by atoms with E-state index in [4.69, 9.17) is 9.57 Å². The van der Waals surface area contributed by atoms with Crippen LogP contribution in [0.15, 0.2) is 48.5 Å². The molecule has 0 radical (unpaired) electrons. The van der Waals surface area contributed by atoms with E-state index in [1.165, 1.54) is 36.4 Å². The van der Waals surface area contributed by atoms with E-state index in [0.29, 0.717) is 0 Å². The second-order valence-electron chi connectivity index (χ2n) is 5.61. The van der Waals surface area contributed by atoms with Gasteiger partial charge in [-0.25, -0.2) is 4.79 Å². The lowest BCUT2D eigenvalue weighted by Crippen LogP contribution is -2.38. The smallest absolute Gasteiger partial charge is 0.419 e. The van der Waals surface area contributed by atoms with Crippen molar-refractivity contribution in [3.05, 3.63) is 65.2 Å². The molecule has 0 aromatic heterocycles. The molecule has 1 aliphatic heterocycles.